The van der Waals surface area contributed by atoms with Crippen LogP contribution in [0.15, 0.2) is 108 Å². The quantitative estimate of drug-likeness (QED) is 0.204. The van der Waals surface area contributed by atoms with E-state index >= 15 is 0 Å². The fourth-order valence-corrected chi connectivity index (χ4v) is 6.35. The van der Waals surface area contributed by atoms with Crippen LogP contribution >= 0.6 is 22.9 Å². The zero-order valence-electron chi connectivity index (χ0n) is 23.1. The van der Waals surface area contributed by atoms with E-state index < -0.39 is 23.8 Å². The van der Waals surface area contributed by atoms with Crippen molar-refractivity contribution < 1.29 is 23.1 Å². The topological polar surface area (TPSA) is 83.1 Å². The summed E-state index contributed by atoms with van der Waals surface area (Å²) < 4.78 is 43.5. The molecule has 7 rings (SSSR count). The Bertz CT molecular complexity index is 2090. The molecule has 1 atom stereocenters. The van der Waals surface area contributed by atoms with E-state index in [1.807, 2.05) is 54.6 Å². The minimum Gasteiger partial charge on any atom is -0.508 e. The molecule has 1 aliphatic heterocycles. The number of hydrazone groups is 1. The van der Waals surface area contributed by atoms with Crippen LogP contribution in [0.25, 0.3) is 27.3 Å². The summed E-state index contributed by atoms with van der Waals surface area (Å²) in [6.45, 7) is 0. The number of amides is 1. The minimum atomic E-state index is -4.79. The van der Waals surface area contributed by atoms with Gasteiger partial charge in [0.15, 0.2) is 17.0 Å². The molecule has 1 N–H and O–H groups in total. The third-order valence-corrected chi connectivity index (χ3v) is 8.76. The molecule has 45 heavy (non-hydrogen) atoms. The number of phenolic OH excluding ortho intramolecular Hbond substituents is 1. The van der Waals surface area contributed by atoms with Crippen molar-refractivity contribution in [3.05, 3.63) is 130 Å². The first-order chi connectivity index (χ1) is 21.7. The molecule has 3 aromatic carbocycles. The molecule has 0 aliphatic carbocycles. The molecule has 0 bridgehead atoms. The summed E-state index contributed by atoms with van der Waals surface area (Å²) in [5.74, 6) is -0.773. The van der Waals surface area contributed by atoms with Gasteiger partial charge in [-0.15, -0.1) is 11.3 Å². The second-order valence-electron chi connectivity index (χ2n) is 10.3. The van der Waals surface area contributed by atoms with Crippen molar-refractivity contribution >= 4 is 40.2 Å². The fraction of sp³-hybridized carbons (Fsp3) is 0.0909. The van der Waals surface area contributed by atoms with Gasteiger partial charge in [-0.2, -0.15) is 23.4 Å². The highest BCUT2D eigenvalue weighted by Crippen LogP contribution is 2.39. The highest BCUT2D eigenvalue weighted by Gasteiger charge is 2.38. The summed E-state index contributed by atoms with van der Waals surface area (Å²) in [6, 6.07) is 28.7. The van der Waals surface area contributed by atoms with Gasteiger partial charge in [0.1, 0.15) is 5.75 Å². The summed E-state index contributed by atoms with van der Waals surface area (Å²) in [7, 11) is 0. The van der Waals surface area contributed by atoms with Gasteiger partial charge < -0.3 is 5.11 Å². The average Bonchev–Trinajstić information content (AvgIpc) is 3.79. The predicted octanol–water partition coefficient (Wildman–Crippen LogP) is 8.49. The van der Waals surface area contributed by atoms with E-state index in [1.54, 1.807) is 30.3 Å². The van der Waals surface area contributed by atoms with Crippen LogP contribution in [0.3, 0.4) is 0 Å². The van der Waals surface area contributed by atoms with Gasteiger partial charge in [0.05, 0.1) is 26.7 Å². The third kappa shape index (κ3) is 5.45. The van der Waals surface area contributed by atoms with Gasteiger partial charge in [-0.1, -0.05) is 84.4 Å². The lowest BCUT2D eigenvalue weighted by molar-refractivity contribution is -0.142. The van der Waals surface area contributed by atoms with Crippen molar-refractivity contribution in [1.29, 1.82) is 0 Å². The maximum atomic E-state index is 14.2. The summed E-state index contributed by atoms with van der Waals surface area (Å²) in [5, 5.41) is 20.5. The van der Waals surface area contributed by atoms with Crippen LogP contribution in [0.1, 0.15) is 39.8 Å². The largest absolute Gasteiger partial charge is 0.508 e. The Morgan fingerprint density at radius 2 is 1.58 bits per heavy atom. The number of benzene rings is 3. The average molecular weight is 644 g/mol. The predicted molar refractivity (Wildman–Crippen MR) is 166 cm³/mol. The zero-order chi connectivity index (χ0) is 31.3. The van der Waals surface area contributed by atoms with E-state index in [0.717, 1.165) is 34.1 Å². The van der Waals surface area contributed by atoms with Crippen molar-refractivity contribution in [2.24, 2.45) is 5.10 Å². The number of hydrogen-bond acceptors (Lipinski definition) is 6. The van der Waals surface area contributed by atoms with Gasteiger partial charge >= 0.3 is 6.18 Å². The van der Waals surface area contributed by atoms with Crippen LogP contribution < -0.4 is 0 Å². The van der Waals surface area contributed by atoms with Crippen molar-refractivity contribution in [2.75, 3.05) is 0 Å². The number of phenols is 1. The van der Waals surface area contributed by atoms with Gasteiger partial charge in [-0.25, -0.2) is 14.5 Å². The van der Waals surface area contributed by atoms with Crippen LogP contribution in [-0.4, -0.2) is 36.3 Å². The molecular weight excluding hydrogens is 623 g/mol. The zero-order valence-corrected chi connectivity index (χ0v) is 24.7. The summed E-state index contributed by atoms with van der Waals surface area (Å²) >= 11 is 7.10. The third-order valence-electron chi connectivity index (χ3n) is 7.50. The molecule has 12 heteroatoms. The molecule has 6 aromatic rings. The Balaban J connectivity index is 1.29. The molecule has 1 amide bonds. The summed E-state index contributed by atoms with van der Waals surface area (Å²) in [4.78, 5) is 18.8. The van der Waals surface area contributed by atoms with Gasteiger partial charge in [-0.3, -0.25) is 4.79 Å². The SMILES string of the molecule is O=C(c1cc2nc(-c3ccc(Cl)s3)cc(C(F)(F)F)n2n1)N1N=C(c2ccc(-c3ccccc3)cc2)C[C@@H]1c1ccccc1O. The molecule has 0 radical (unpaired) electrons. The highest BCUT2D eigenvalue weighted by atomic mass is 35.5. The van der Waals surface area contributed by atoms with Crippen LogP contribution in [0, 0.1) is 0 Å². The Kier molecular flexibility index (Phi) is 7.14. The maximum Gasteiger partial charge on any atom is 0.433 e. The first-order valence-electron chi connectivity index (χ1n) is 13.7. The van der Waals surface area contributed by atoms with Crippen LogP contribution in [0.5, 0.6) is 5.75 Å². The van der Waals surface area contributed by atoms with Crippen molar-refractivity contribution in [3.8, 4) is 27.4 Å². The van der Waals surface area contributed by atoms with Gasteiger partial charge in [0, 0.05) is 18.1 Å². The molecule has 4 heterocycles. The summed E-state index contributed by atoms with van der Waals surface area (Å²) in [6.07, 6.45) is -4.52. The van der Waals surface area contributed by atoms with Gasteiger partial charge in [0.25, 0.3) is 5.91 Å². The van der Waals surface area contributed by atoms with E-state index in [1.165, 1.54) is 17.1 Å². The Morgan fingerprint density at radius 1 is 0.889 bits per heavy atom. The first-order valence-corrected chi connectivity index (χ1v) is 14.9. The summed E-state index contributed by atoms with van der Waals surface area (Å²) in [5.41, 5.74) is 2.36. The number of aromatic nitrogens is 3. The van der Waals surface area contributed by atoms with Gasteiger partial charge in [-0.05, 0) is 41.0 Å². The molecule has 0 spiro atoms. The molecule has 0 fully saturated rings. The van der Waals surface area contributed by atoms with Gasteiger partial charge in [0.2, 0.25) is 0 Å². The number of nitrogens with zero attached hydrogens (tertiary/aromatic N) is 5. The molecule has 0 unspecified atom stereocenters. The minimum absolute atomic E-state index is 0.0357. The molecule has 0 saturated heterocycles. The number of carbonyl (C=O) groups excluding carboxylic acids is 1. The van der Waals surface area contributed by atoms with E-state index in [4.69, 9.17) is 11.6 Å². The molecular formula is C33H21ClF3N5O2S. The van der Waals surface area contributed by atoms with Crippen LogP contribution in [0.2, 0.25) is 4.34 Å². The number of para-hydroxylation sites is 1. The number of halogens is 4. The van der Waals surface area contributed by atoms with Crippen LogP contribution in [0.4, 0.5) is 13.2 Å². The van der Waals surface area contributed by atoms with E-state index in [2.05, 4.69) is 15.2 Å². The standard InChI is InChI=1S/C33H21ClF3N5O2S/c34-30-15-14-28(45-30)24-17-29(33(35,36)37)42-31(38-24)18-25(40-42)32(44)41-26(22-8-4-5-9-27(22)43)16-23(39-41)21-12-10-20(11-13-21)19-6-2-1-3-7-19/h1-15,17-18,26,43H,16H2/t26-/m1/s1. The smallest absolute Gasteiger partial charge is 0.433 e. The lowest BCUT2D eigenvalue weighted by Crippen LogP contribution is -2.27. The van der Waals surface area contributed by atoms with E-state index in [-0.39, 0.29) is 29.2 Å². The Hall–Kier alpha value is -5.00. The molecule has 1 aliphatic rings. The number of rotatable bonds is 5. The van der Waals surface area contributed by atoms with E-state index in [9.17, 15) is 23.1 Å². The normalized spacial score (nSPS) is 15.1. The second kappa shape index (κ2) is 11.2. The van der Waals surface area contributed by atoms with Crippen LogP contribution in [-0.2, 0) is 6.18 Å². The Labute approximate surface area is 263 Å². The number of alkyl halides is 3. The molecule has 0 saturated carbocycles. The fourth-order valence-electron chi connectivity index (χ4n) is 5.35. The first kappa shape index (κ1) is 28.8. The second-order valence-corrected chi connectivity index (χ2v) is 12.1. The highest BCUT2D eigenvalue weighted by molar-refractivity contribution is 7.19. The van der Waals surface area contributed by atoms with E-state index in [0.29, 0.717) is 25.0 Å². The number of carbonyl (C=O) groups is 1. The number of aromatic hydroxyl groups is 1. The lowest BCUT2D eigenvalue weighted by atomic mass is 9.96. The number of hydrogen-bond donors (Lipinski definition) is 1. The van der Waals surface area contributed by atoms with Crippen molar-refractivity contribution in [1.82, 2.24) is 19.6 Å². The lowest BCUT2D eigenvalue weighted by Gasteiger charge is -2.21. The molecule has 224 valence electrons. The monoisotopic (exact) mass is 643 g/mol. The number of fused-ring (bicyclic) bond motifs is 1. The van der Waals surface area contributed by atoms with Crippen molar-refractivity contribution in [3.63, 3.8) is 0 Å². The number of thiophene rings is 1. The molecule has 3 aromatic heterocycles. The van der Waals surface area contributed by atoms with Crippen molar-refractivity contribution in [2.45, 2.75) is 18.6 Å². The maximum absolute atomic E-state index is 14.2. The molecule has 7 nitrogen and oxygen atoms in total. The Morgan fingerprint density at radius 3 is 2.27 bits per heavy atom.